The summed E-state index contributed by atoms with van der Waals surface area (Å²) in [6.07, 6.45) is 13.4. The van der Waals surface area contributed by atoms with Crippen LogP contribution in [0.1, 0.15) is 89.0 Å². The Kier molecular flexibility index (Phi) is 7.45. The molecule has 0 nitrogen and oxygen atoms in total. The number of halogens is 3. The highest BCUT2D eigenvalue weighted by molar-refractivity contribution is 5.23. The van der Waals surface area contributed by atoms with Crippen LogP contribution in [0, 0.1) is 23.4 Å². The summed E-state index contributed by atoms with van der Waals surface area (Å²) in [6.45, 7) is 2.23. The molecule has 0 radical (unpaired) electrons. The van der Waals surface area contributed by atoms with Crippen LogP contribution in [0.4, 0.5) is 13.2 Å². The predicted molar refractivity (Wildman–Crippen MR) is 89.0 cm³/mol. The van der Waals surface area contributed by atoms with E-state index in [0.29, 0.717) is 5.56 Å². The maximum Gasteiger partial charge on any atom is 0.194 e. The fraction of sp³-hybridized carbons (Fsp3) is 0.700. The van der Waals surface area contributed by atoms with Gasteiger partial charge in [0.25, 0.3) is 0 Å². The van der Waals surface area contributed by atoms with Gasteiger partial charge in [0.2, 0.25) is 0 Å². The first-order valence-corrected chi connectivity index (χ1v) is 9.26. The predicted octanol–water partition coefficient (Wildman–Crippen LogP) is 7.13. The largest absolute Gasteiger partial charge is 0.204 e. The molecule has 0 amide bonds. The highest BCUT2D eigenvalue weighted by Crippen LogP contribution is 2.38. The first-order chi connectivity index (χ1) is 11.1. The molecule has 0 bridgehead atoms. The molecule has 3 heteroatoms. The van der Waals surface area contributed by atoms with Crippen LogP contribution in [0.25, 0.3) is 0 Å². The van der Waals surface area contributed by atoms with Crippen molar-refractivity contribution in [2.75, 3.05) is 0 Å². The molecule has 0 N–H and O–H groups in total. The van der Waals surface area contributed by atoms with Crippen molar-refractivity contribution in [3.05, 3.63) is 35.1 Å². The maximum absolute atomic E-state index is 13.4. The number of rotatable bonds is 8. The standard InChI is InChI=1S/C20H29F3/c1-2-3-4-5-6-7-8-15-9-11-16(12-10-15)17-13-18(21)20(23)19(22)14-17/h13-16H,2-12H2,1H3. The van der Waals surface area contributed by atoms with Gasteiger partial charge in [-0.25, -0.2) is 13.2 Å². The van der Waals surface area contributed by atoms with E-state index in [2.05, 4.69) is 6.92 Å². The molecule has 1 saturated carbocycles. The Morgan fingerprint density at radius 2 is 1.39 bits per heavy atom. The molecule has 1 aromatic carbocycles. The fourth-order valence-corrected chi connectivity index (χ4v) is 3.81. The summed E-state index contributed by atoms with van der Waals surface area (Å²) in [7, 11) is 0. The summed E-state index contributed by atoms with van der Waals surface area (Å²) in [6, 6.07) is 2.36. The minimum Gasteiger partial charge on any atom is -0.204 e. The van der Waals surface area contributed by atoms with Crippen molar-refractivity contribution in [1.29, 1.82) is 0 Å². The molecular formula is C20H29F3. The van der Waals surface area contributed by atoms with Crippen LogP contribution in [0.3, 0.4) is 0 Å². The zero-order chi connectivity index (χ0) is 16.7. The molecule has 1 aliphatic rings. The van der Waals surface area contributed by atoms with Gasteiger partial charge >= 0.3 is 0 Å². The lowest BCUT2D eigenvalue weighted by atomic mass is 9.77. The van der Waals surface area contributed by atoms with Crippen LogP contribution in [-0.2, 0) is 0 Å². The Balaban J connectivity index is 1.72. The van der Waals surface area contributed by atoms with Gasteiger partial charge < -0.3 is 0 Å². The Hall–Kier alpha value is -0.990. The quantitative estimate of drug-likeness (QED) is 0.352. The minimum atomic E-state index is -1.36. The highest BCUT2D eigenvalue weighted by Gasteiger charge is 2.24. The first kappa shape index (κ1) is 18.4. The molecular weight excluding hydrogens is 297 g/mol. The molecule has 1 aliphatic carbocycles. The number of hydrogen-bond acceptors (Lipinski definition) is 0. The fourth-order valence-electron chi connectivity index (χ4n) is 3.81. The summed E-state index contributed by atoms with van der Waals surface area (Å²) >= 11 is 0. The lowest BCUT2D eigenvalue weighted by Crippen LogP contribution is -2.14. The molecule has 0 aliphatic heterocycles. The van der Waals surface area contributed by atoms with Crippen molar-refractivity contribution in [2.24, 2.45) is 5.92 Å². The number of hydrogen-bond donors (Lipinski definition) is 0. The molecule has 2 rings (SSSR count). The van der Waals surface area contributed by atoms with Gasteiger partial charge in [0.05, 0.1) is 0 Å². The molecule has 0 spiro atoms. The van der Waals surface area contributed by atoms with Gasteiger partial charge in [-0.15, -0.1) is 0 Å². The van der Waals surface area contributed by atoms with Gasteiger partial charge in [-0.2, -0.15) is 0 Å². The van der Waals surface area contributed by atoms with E-state index in [-0.39, 0.29) is 5.92 Å². The third-order valence-electron chi connectivity index (χ3n) is 5.29. The Bertz CT molecular complexity index is 453. The van der Waals surface area contributed by atoms with Gasteiger partial charge in [0.15, 0.2) is 17.5 Å². The van der Waals surface area contributed by atoms with E-state index >= 15 is 0 Å². The van der Waals surface area contributed by atoms with Crippen molar-refractivity contribution < 1.29 is 13.2 Å². The summed E-state index contributed by atoms with van der Waals surface area (Å²) in [5, 5.41) is 0. The summed E-state index contributed by atoms with van der Waals surface area (Å²) in [4.78, 5) is 0. The van der Waals surface area contributed by atoms with Gasteiger partial charge in [0, 0.05) is 0 Å². The second-order valence-electron chi connectivity index (χ2n) is 7.07. The zero-order valence-electron chi connectivity index (χ0n) is 14.2. The normalized spacial score (nSPS) is 21.6. The molecule has 1 aromatic rings. The van der Waals surface area contributed by atoms with Crippen molar-refractivity contribution in [2.45, 2.75) is 83.5 Å². The van der Waals surface area contributed by atoms with Gasteiger partial charge in [-0.3, -0.25) is 0 Å². The van der Waals surface area contributed by atoms with Gasteiger partial charge in [-0.05, 0) is 55.2 Å². The van der Waals surface area contributed by atoms with Crippen LogP contribution in [0.2, 0.25) is 0 Å². The van der Waals surface area contributed by atoms with Gasteiger partial charge in [0.1, 0.15) is 0 Å². The Labute approximate surface area is 138 Å². The van der Waals surface area contributed by atoms with Gasteiger partial charge in [-0.1, -0.05) is 51.9 Å². The van der Waals surface area contributed by atoms with E-state index in [1.807, 2.05) is 0 Å². The smallest absolute Gasteiger partial charge is 0.194 e. The van der Waals surface area contributed by atoms with Crippen LogP contribution < -0.4 is 0 Å². The minimum absolute atomic E-state index is 0.181. The molecule has 0 aromatic heterocycles. The van der Waals surface area contributed by atoms with Crippen LogP contribution in [0.15, 0.2) is 12.1 Å². The average Bonchev–Trinajstić information content (AvgIpc) is 2.56. The second-order valence-corrected chi connectivity index (χ2v) is 7.07. The lowest BCUT2D eigenvalue weighted by Gasteiger charge is -2.29. The third kappa shape index (κ3) is 5.54. The van der Waals surface area contributed by atoms with E-state index in [0.717, 1.165) is 31.6 Å². The van der Waals surface area contributed by atoms with Crippen molar-refractivity contribution >= 4 is 0 Å². The zero-order valence-corrected chi connectivity index (χ0v) is 14.2. The van der Waals surface area contributed by atoms with Crippen LogP contribution in [0.5, 0.6) is 0 Å². The molecule has 0 atom stereocenters. The van der Waals surface area contributed by atoms with Crippen LogP contribution in [-0.4, -0.2) is 0 Å². The van der Waals surface area contributed by atoms with E-state index < -0.39 is 17.5 Å². The third-order valence-corrected chi connectivity index (χ3v) is 5.29. The molecule has 130 valence electrons. The summed E-state index contributed by atoms with van der Waals surface area (Å²) in [5.41, 5.74) is 0.624. The SMILES string of the molecule is CCCCCCCCC1CCC(c2cc(F)c(F)c(F)c2)CC1. The van der Waals surface area contributed by atoms with Crippen molar-refractivity contribution in [1.82, 2.24) is 0 Å². The van der Waals surface area contributed by atoms with E-state index in [9.17, 15) is 13.2 Å². The topological polar surface area (TPSA) is 0 Å². The monoisotopic (exact) mass is 326 g/mol. The molecule has 0 saturated heterocycles. The summed E-state index contributed by atoms with van der Waals surface area (Å²) < 4.78 is 39.7. The number of benzene rings is 1. The van der Waals surface area contributed by atoms with Crippen LogP contribution >= 0.6 is 0 Å². The van der Waals surface area contributed by atoms with E-state index in [4.69, 9.17) is 0 Å². The first-order valence-electron chi connectivity index (χ1n) is 9.26. The average molecular weight is 326 g/mol. The molecule has 23 heavy (non-hydrogen) atoms. The second kappa shape index (κ2) is 9.34. The molecule has 1 fully saturated rings. The van der Waals surface area contributed by atoms with Crippen molar-refractivity contribution in [3.8, 4) is 0 Å². The van der Waals surface area contributed by atoms with E-state index in [1.165, 1.54) is 57.1 Å². The Morgan fingerprint density at radius 1 is 0.826 bits per heavy atom. The highest BCUT2D eigenvalue weighted by atomic mass is 19.2. The van der Waals surface area contributed by atoms with Crippen molar-refractivity contribution in [3.63, 3.8) is 0 Å². The summed E-state index contributed by atoms with van der Waals surface area (Å²) in [5.74, 6) is -2.54. The lowest BCUT2D eigenvalue weighted by molar-refractivity contribution is 0.300. The molecule has 0 unspecified atom stereocenters. The molecule has 0 heterocycles. The maximum atomic E-state index is 13.4. The number of unbranched alkanes of at least 4 members (excludes halogenated alkanes) is 5. The Morgan fingerprint density at radius 3 is 2.00 bits per heavy atom. The van der Waals surface area contributed by atoms with E-state index in [1.54, 1.807) is 0 Å².